The fraction of sp³-hybridized carbons (Fsp3) is 0.333. The molecule has 1 unspecified atom stereocenters. The van der Waals surface area contributed by atoms with Crippen molar-refractivity contribution in [3.05, 3.63) is 71.3 Å². The van der Waals surface area contributed by atoms with Crippen LogP contribution >= 0.6 is 0 Å². The Labute approximate surface area is 121 Å². The van der Waals surface area contributed by atoms with Gasteiger partial charge in [-0.15, -0.1) is 0 Å². The van der Waals surface area contributed by atoms with Gasteiger partial charge in [0.15, 0.2) is 5.79 Å². The number of aliphatic hydroxyl groups is 1. The van der Waals surface area contributed by atoms with Gasteiger partial charge in [0.25, 0.3) is 0 Å². The van der Waals surface area contributed by atoms with E-state index in [1.165, 1.54) is 11.1 Å². The molecule has 0 fully saturated rings. The average molecular weight is 270 g/mol. The van der Waals surface area contributed by atoms with Gasteiger partial charge in [0.05, 0.1) is 0 Å². The Morgan fingerprint density at radius 3 is 2.15 bits per heavy atom. The van der Waals surface area contributed by atoms with Crippen LogP contribution in [-0.4, -0.2) is 12.2 Å². The summed E-state index contributed by atoms with van der Waals surface area (Å²) < 4.78 is 5.37. The Morgan fingerprint density at radius 2 is 1.60 bits per heavy atom. The van der Waals surface area contributed by atoms with Gasteiger partial charge in [-0.2, -0.15) is 0 Å². The smallest absolute Gasteiger partial charge is 0.192 e. The Bertz CT molecular complexity index is 519. The largest absolute Gasteiger partial charge is 0.362 e. The lowest BCUT2D eigenvalue weighted by molar-refractivity contribution is -0.198. The van der Waals surface area contributed by atoms with Crippen molar-refractivity contribution in [1.82, 2.24) is 0 Å². The molecule has 0 amide bonds. The highest BCUT2D eigenvalue weighted by Gasteiger charge is 2.28. The van der Waals surface area contributed by atoms with E-state index in [2.05, 4.69) is 19.1 Å². The number of hydrogen-bond acceptors (Lipinski definition) is 2. The summed E-state index contributed by atoms with van der Waals surface area (Å²) in [5.74, 6) is -1.22. The van der Waals surface area contributed by atoms with Gasteiger partial charge in [-0.05, 0) is 24.0 Å². The van der Waals surface area contributed by atoms with Gasteiger partial charge in [-0.3, -0.25) is 0 Å². The summed E-state index contributed by atoms with van der Waals surface area (Å²) in [6.45, 7) is 2.12. The van der Waals surface area contributed by atoms with Gasteiger partial charge in [-0.1, -0.05) is 61.5 Å². The van der Waals surface area contributed by atoms with Crippen molar-refractivity contribution in [1.29, 1.82) is 0 Å². The van der Waals surface area contributed by atoms with E-state index in [1.807, 2.05) is 42.5 Å². The van der Waals surface area contributed by atoms with E-state index in [1.54, 1.807) is 7.11 Å². The maximum absolute atomic E-state index is 10.7. The van der Waals surface area contributed by atoms with Crippen LogP contribution in [0.3, 0.4) is 0 Å². The number of ether oxygens (including phenoxy) is 1. The molecular weight excluding hydrogens is 248 g/mol. The van der Waals surface area contributed by atoms with Crippen LogP contribution in [-0.2, 0) is 23.4 Å². The molecule has 106 valence electrons. The first-order valence-electron chi connectivity index (χ1n) is 7.09. The third kappa shape index (κ3) is 3.47. The van der Waals surface area contributed by atoms with Gasteiger partial charge >= 0.3 is 0 Å². The zero-order chi connectivity index (χ0) is 14.4. The fourth-order valence-corrected chi connectivity index (χ4v) is 2.32. The maximum atomic E-state index is 10.7. The van der Waals surface area contributed by atoms with Crippen LogP contribution in [0.5, 0.6) is 0 Å². The molecule has 0 spiro atoms. The third-order valence-electron chi connectivity index (χ3n) is 3.75. The van der Waals surface area contributed by atoms with E-state index in [0.29, 0.717) is 6.42 Å². The molecular formula is C18H22O2. The lowest BCUT2D eigenvalue weighted by Gasteiger charge is -2.27. The van der Waals surface area contributed by atoms with E-state index in [9.17, 15) is 5.11 Å². The minimum atomic E-state index is -1.22. The van der Waals surface area contributed by atoms with Crippen LogP contribution in [0, 0.1) is 0 Å². The predicted molar refractivity (Wildman–Crippen MR) is 81.5 cm³/mol. The molecule has 0 aromatic heterocycles. The SMILES string of the molecule is CCc1ccc(C(O)(CCc2ccccc2)OC)cc1. The maximum Gasteiger partial charge on any atom is 0.192 e. The van der Waals surface area contributed by atoms with Crippen molar-refractivity contribution in [3.8, 4) is 0 Å². The minimum absolute atomic E-state index is 0.541. The number of hydrogen-bond donors (Lipinski definition) is 1. The molecule has 2 heteroatoms. The normalized spacial score (nSPS) is 13.9. The molecule has 2 aromatic carbocycles. The Balaban J connectivity index is 2.11. The second-order valence-corrected chi connectivity index (χ2v) is 5.02. The number of benzene rings is 2. The predicted octanol–water partition coefficient (Wildman–Crippen LogP) is 3.67. The number of rotatable bonds is 6. The summed E-state index contributed by atoms with van der Waals surface area (Å²) in [6, 6.07) is 18.1. The van der Waals surface area contributed by atoms with Crippen LogP contribution in [0.15, 0.2) is 54.6 Å². The fourth-order valence-electron chi connectivity index (χ4n) is 2.32. The Kier molecular flexibility index (Phi) is 4.94. The first-order valence-corrected chi connectivity index (χ1v) is 7.09. The van der Waals surface area contributed by atoms with Crippen molar-refractivity contribution in [2.24, 2.45) is 0 Å². The van der Waals surface area contributed by atoms with Gasteiger partial charge in [0.2, 0.25) is 0 Å². The van der Waals surface area contributed by atoms with Crippen molar-refractivity contribution in [3.63, 3.8) is 0 Å². The van der Waals surface area contributed by atoms with Gasteiger partial charge in [0.1, 0.15) is 0 Å². The summed E-state index contributed by atoms with van der Waals surface area (Å²) in [5, 5.41) is 10.7. The quantitative estimate of drug-likeness (QED) is 0.811. The van der Waals surface area contributed by atoms with Crippen LogP contribution in [0.4, 0.5) is 0 Å². The monoisotopic (exact) mass is 270 g/mol. The summed E-state index contributed by atoms with van der Waals surface area (Å²) in [6.07, 6.45) is 2.31. The van der Waals surface area contributed by atoms with Crippen LogP contribution in [0.25, 0.3) is 0 Å². The van der Waals surface area contributed by atoms with Crippen molar-refractivity contribution in [2.75, 3.05) is 7.11 Å². The summed E-state index contributed by atoms with van der Waals surface area (Å²) >= 11 is 0. The standard InChI is InChI=1S/C18H22O2/c1-3-15-9-11-17(12-10-15)18(19,20-2)14-13-16-7-5-4-6-8-16/h4-12,19H,3,13-14H2,1-2H3. The van der Waals surface area contributed by atoms with Crippen LogP contribution in [0.2, 0.25) is 0 Å². The second kappa shape index (κ2) is 6.69. The third-order valence-corrected chi connectivity index (χ3v) is 3.75. The van der Waals surface area contributed by atoms with Crippen LogP contribution in [0.1, 0.15) is 30.0 Å². The minimum Gasteiger partial charge on any atom is -0.362 e. The van der Waals surface area contributed by atoms with Crippen molar-refractivity contribution in [2.45, 2.75) is 32.0 Å². The summed E-state index contributed by atoms with van der Waals surface area (Å²) in [7, 11) is 1.55. The summed E-state index contributed by atoms with van der Waals surface area (Å²) in [4.78, 5) is 0. The van der Waals surface area contributed by atoms with Gasteiger partial charge in [0, 0.05) is 19.1 Å². The van der Waals surface area contributed by atoms with E-state index in [-0.39, 0.29) is 0 Å². The van der Waals surface area contributed by atoms with Crippen molar-refractivity contribution >= 4 is 0 Å². The molecule has 2 nitrogen and oxygen atoms in total. The second-order valence-electron chi connectivity index (χ2n) is 5.02. The van der Waals surface area contributed by atoms with E-state index >= 15 is 0 Å². The molecule has 1 atom stereocenters. The van der Waals surface area contributed by atoms with E-state index < -0.39 is 5.79 Å². The molecule has 0 aliphatic rings. The van der Waals surface area contributed by atoms with E-state index in [0.717, 1.165) is 18.4 Å². The zero-order valence-corrected chi connectivity index (χ0v) is 12.2. The zero-order valence-electron chi connectivity index (χ0n) is 12.2. The lowest BCUT2D eigenvalue weighted by atomic mass is 9.96. The molecule has 0 heterocycles. The average Bonchev–Trinajstić information content (AvgIpc) is 2.53. The highest BCUT2D eigenvalue weighted by atomic mass is 16.6. The molecule has 1 N–H and O–H groups in total. The van der Waals surface area contributed by atoms with Gasteiger partial charge in [-0.25, -0.2) is 0 Å². The molecule has 0 aliphatic heterocycles. The molecule has 0 bridgehead atoms. The molecule has 0 saturated heterocycles. The van der Waals surface area contributed by atoms with Gasteiger partial charge < -0.3 is 9.84 Å². The molecule has 2 rings (SSSR count). The molecule has 20 heavy (non-hydrogen) atoms. The molecule has 0 saturated carbocycles. The highest BCUT2D eigenvalue weighted by molar-refractivity contribution is 5.26. The van der Waals surface area contributed by atoms with Crippen molar-refractivity contribution < 1.29 is 9.84 Å². The first-order chi connectivity index (χ1) is 9.68. The van der Waals surface area contributed by atoms with Crippen LogP contribution < -0.4 is 0 Å². The molecule has 0 aliphatic carbocycles. The molecule has 2 aromatic rings. The number of methoxy groups -OCH3 is 1. The molecule has 0 radical (unpaired) electrons. The Morgan fingerprint density at radius 1 is 0.950 bits per heavy atom. The topological polar surface area (TPSA) is 29.5 Å². The highest BCUT2D eigenvalue weighted by Crippen LogP contribution is 2.28. The Hall–Kier alpha value is -1.64. The number of aryl methyl sites for hydroxylation is 2. The first kappa shape index (κ1) is 14.8. The van der Waals surface area contributed by atoms with E-state index in [4.69, 9.17) is 4.74 Å². The summed E-state index contributed by atoms with van der Waals surface area (Å²) in [5.41, 5.74) is 3.27. The lowest BCUT2D eigenvalue weighted by Crippen LogP contribution is -2.28.